The summed E-state index contributed by atoms with van der Waals surface area (Å²) in [5, 5.41) is 4.37. The van der Waals surface area contributed by atoms with Gasteiger partial charge in [0.2, 0.25) is 0 Å². The summed E-state index contributed by atoms with van der Waals surface area (Å²) in [7, 11) is 1.66. The van der Waals surface area contributed by atoms with E-state index in [1.165, 1.54) is 0 Å². The maximum absolute atomic E-state index is 11.9. The second-order valence-corrected chi connectivity index (χ2v) is 7.08. The molecule has 0 atom stereocenters. The molecular weight excluding hydrogens is 344 g/mol. The summed E-state index contributed by atoms with van der Waals surface area (Å²) in [5.41, 5.74) is 2.86. The first-order valence-electron chi connectivity index (χ1n) is 8.66. The van der Waals surface area contributed by atoms with Crippen LogP contribution in [-0.4, -0.2) is 17.9 Å². The summed E-state index contributed by atoms with van der Waals surface area (Å²) >= 11 is 1.66. The number of ketones is 1. The summed E-state index contributed by atoms with van der Waals surface area (Å²) in [4.78, 5) is 17.5. The monoisotopic (exact) mass is 366 g/mol. The molecule has 0 fully saturated rings. The van der Waals surface area contributed by atoms with E-state index < -0.39 is 0 Å². The van der Waals surface area contributed by atoms with Gasteiger partial charge in [0.25, 0.3) is 0 Å². The molecule has 26 heavy (non-hydrogen) atoms. The molecule has 3 aromatic rings. The van der Waals surface area contributed by atoms with Crippen LogP contribution in [0.5, 0.6) is 5.75 Å². The molecule has 0 unspecified atom stereocenters. The number of benzene rings is 2. The number of nitrogens with zero attached hydrogens (tertiary/aromatic N) is 1. The molecule has 134 valence electrons. The number of Topliss-reactive ketones (excluding diaryl/α,β-unsaturated/α-hetero) is 1. The van der Waals surface area contributed by atoms with Crippen LogP contribution in [0, 0.1) is 0 Å². The standard InChI is InChI=1S/C21H22N2O2S/c1-3-4-20(24)15-5-9-17(10-6-15)22-13-19-14-23-21(26-19)16-7-11-18(25-2)12-8-16/h5-12,14,22H,3-4,13H2,1-2H3. The number of thiazole rings is 1. The van der Waals surface area contributed by atoms with Crippen molar-refractivity contribution in [2.75, 3.05) is 12.4 Å². The molecule has 0 radical (unpaired) electrons. The minimum Gasteiger partial charge on any atom is -0.497 e. The largest absolute Gasteiger partial charge is 0.497 e. The molecule has 0 aliphatic carbocycles. The van der Waals surface area contributed by atoms with Crippen LogP contribution in [0.25, 0.3) is 10.6 Å². The number of carbonyl (C=O) groups is 1. The highest BCUT2D eigenvalue weighted by molar-refractivity contribution is 7.15. The van der Waals surface area contributed by atoms with Crippen molar-refractivity contribution in [2.45, 2.75) is 26.3 Å². The van der Waals surface area contributed by atoms with Gasteiger partial charge in [0.05, 0.1) is 13.7 Å². The summed E-state index contributed by atoms with van der Waals surface area (Å²) < 4.78 is 5.19. The molecule has 0 spiro atoms. The van der Waals surface area contributed by atoms with Crippen LogP contribution in [0.4, 0.5) is 5.69 Å². The number of hydrogen-bond donors (Lipinski definition) is 1. The third-order valence-corrected chi connectivity index (χ3v) is 5.09. The Hall–Kier alpha value is -2.66. The number of hydrogen-bond acceptors (Lipinski definition) is 5. The van der Waals surface area contributed by atoms with Gasteiger partial charge in [-0.1, -0.05) is 6.92 Å². The van der Waals surface area contributed by atoms with Crippen molar-refractivity contribution in [1.29, 1.82) is 0 Å². The zero-order chi connectivity index (χ0) is 18.4. The van der Waals surface area contributed by atoms with Gasteiger partial charge in [0, 0.05) is 34.3 Å². The van der Waals surface area contributed by atoms with E-state index in [9.17, 15) is 4.79 Å². The molecule has 0 saturated heterocycles. The molecule has 0 bridgehead atoms. The Balaban J connectivity index is 1.60. The van der Waals surface area contributed by atoms with Gasteiger partial charge >= 0.3 is 0 Å². The number of rotatable bonds is 8. The number of ether oxygens (including phenoxy) is 1. The highest BCUT2D eigenvalue weighted by atomic mass is 32.1. The van der Waals surface area contributed by atoms with Gasteiger partial charge in [-0.3, -0.25) is 4.79 Å². The molecule has 0 aliphatic heterocycles. The fraction of sp³-hybridized carbons (Fsp3) is 0.238. The maximum atomic E-state index is 11.9. The van der Waals surface area contributed by atoms with Gasteiger partial charge in [-0.25, -0.2) is 4.98 Å². The lowest BCUT2D eigenvalue weighted by Crippen LogP contribution is -2.00. The minimum absolute atomic E-state index is 0.200. The molecule has 1 aromatic heterocycles. The molecular formula is C21H22N2O2S. The SMILES string of the molecule is CCCC(=O)c1ccc(NCc2cnc(-c3ccc(OC)cc3)s2)cc1. The Morgan fingerprint density at radius 1 is 1.12 bits per heavy atom. The second kappa shape index (κ2) is 8.63. The Labute approximate surface area is 157 Å². The van der Waals surface area contributed by atoms with Gasteiger partial charge in [-0.15, -0.1) is 11.3 Å². The predicted molar refractivity (Wildman–Crippen MR) is 107 cm³/mol. The van der Waals surface area contributed by atoms with E-state index in [4.69, 9.17) is 4.74 Å². The van der Waals surface area contributed by atoms with Crippen LogP contribution in [0.1, 0.15) is 35.0 Å². The van der Waals surface area contributed by atoms with E-state index in [2.05, 4.69) is 10.3 Å². The molecule has 0 amide bonds. The van der Waals surface area contributed by atoms with E-state index in [1.54, 1.807) is 18.4 Å². The Morgan fingerprint density at radius 2 is 1.85 bits per heavy atom. The fourth-order valence-electron chi connectivity index (χ4n) is 2.59. The lowest BCUT2D eigenvalue weighted by molar-refractivity contribution is 0.0982. The van der Waals surface area contributed by atoms with Gasteiger partial charge in [0.15, 0.2) is 5.78 Å². The Bertz CT molecular complexity index is 854. The minimum atomic E-state index is 0.200. The van der Waals surface area contributed by atoms with Crippen LogP contribution < -0.4 is 10.1 Å². The average Bonchev–Trinajstić information content (AvgIpc) is 3.16. The third kappa shape index (κ3) is 4.49. The van der Waals surface area contributed by atoms with Crippen molar-refractivity contribution in [3.05, 3.63) is 65.2 Å². The first-order valence-corrected chi connectivity index (χ1v) is 9.47. The number of carbonyl (C=O) groups excluding carboxylic acids is 1. The lowest BCUT2D eigenvalue weighted by atomic mass is 10.1. The van der Waals surface area contributed by atoms with Crippen molar-refractivity contribution in [3.63, 3.8) is 0 Å². The first-order chi connectivity index (χ1) is 12.7. The fourth-order valence-corrected chi connectivity index (χ4v) is 3.45. The van der Waals surface area contributed by atoms with Crippen LogP contribution >= 0.6 is 11.3 Å². The number of methoxy groups -OCH3 is 1. The van der Waals surface area contributed by atoms with Crippen molar-refractivity contribution in [3.8, 4) is 16.3 Å². The van der Waals surface area contributed by atoms with E-state index >= 15 is 0 Å². The smallest absolute Gasteiger partial charge is 0.162 e. The molecule has 3 rings (SSSR count). The molecule has 5 heteroatoms. The van der Waals surface area contributed by atoms with Gasteiger partial charge in [-0.05, 0) is 55.0 Å². The highest BCUT2D eigenvalue weighted by Crippen LogP contribution is 2.27. The van der Waals surface area contributed by atoms with Crippen molar-refractivity contribution in [2.24, 2.45) is 0 Å². The summed E-state index contributed by atoms with van der Waals surface area (Å²) in [6, 6.07) is 15.6. The zero-order valence-corrected chi connectivity index (χ0v) is 15.8. The second-order valence-electron chi connectivity index (χ2n) is 5.96. The average molecular weight is 366 g/mol. The number of aromatic nitrogens is 1. The molecule has 1 N–H and O–H groups in total. The molecule has 2 aromatic carbocycles. The zero-order valence-electron chi connectivity index (χ0n) is 15.0. The maximum Gasteiger partial charge on any atom is 0.162 e. The summed E-state index contributed by atoms with van der Waals surface area (Å²) in [6.45, 7) is 2.72. The normalized spacial score (nSPS) is 10.5. The predicted octanol–water partition coefficient (Wildman–Crippen LogP) is 5.41. The van der Waals surface area contributed by atoms with Crippen LogP contribution in [0.2, 0.25) is 0 Å². The topological polar surface area (TPSA) is 51.2 Å². The first kappa shape index (κ1) is 18.1. The number of anilines is 1. The van der Waals surface area contributed by atoms with E-state index in [0.717, 1.165) is 38.9 Å². The summed E-state index contributed by atoms with van der Waals surface area (Å²) in [6.07, 6.45) is 3.37. The lowest BCUT2D eigenvalue weighted by Gasteiger charge is -2.05. The molecule has 0 aliphatic rings. The van der Waals surface area contributed by atoms with Crippen LogP contribution in [0.3, 0.4) is 0 Å². The van der Waals surface area contributed by atoms with Crippen molar-refractivity contribution < 1.29 is 9.53 Å². The van der Waals surface area contributed by atoms with Crippen LogP contribution in [0.15, 0.2) is 54.7 Å². The molecule has 4 nitrogen and oxygen atoms in total. The molecule has 0 saturated carbocycles. The highest BCUT2D eigenvalue weighted by Gasteiger charge is 2.06. The van der Waals surface area contributed by atoms with E-state index in [-0.39, 0.29) is 5.78 Å². The van der Waals surface area contributed by atoms with Gasteiger partial charge in [-0.2, -0.15) is 0 Å². The van der Waals surface area contributed by atoms with E-state index in [0.29, 0.717) is 13.0 Å². The number of nitrogens with one attached hydrogen (secondary N) is 1. The van der Waals surface area contributed by atoms with E-state index in [1.807, 2.05) is 61.7 Å². The van der Waals surface area contributed by atoms with Gasteiger partial charge < -0.3 is 10.1 Å². The molecule has 1 heterocycles. The van der Waals surface area contributed by atoms with Crippen molar-refractivity contribution in [1.82, 2.24) is 4.98 Å². The summed E-state index contributed by atoms with van der Waals surface area (Å²) in [5.74, 6) is 1.04. The Morgan fingerprint density at radius 3 is 2.50 bits per heavy atom. The van der Waals surface area contributed by atoms with Crippen LogP contribution in [-0.2, 0) is 6.54 Å². The van der Waals surface area contributed by atoms with Gasteiger partial charge in [0.1, 0.15) is 10.8 Å². The Kier molecular flexibility index (Phi) is 6.02. The third-order valence-electron chi connectivity index (χ3n) is 4.04. The van der Waals surface area contributed by atoms with Crippen molar-refractivity contribution >= 4 is 22.8 Å². The quantitative estimate of drug-likeness (QED) is 0.541.